The van der Waals surface area contributed by atoms with Crippen molar-refractivity contribution in [2.45, 2.75) is 13.5 Å². The van der Waals surface area contributed by atoms with Crippen LogP contribution in [0.1, 0.15) is 12.5 Å². The molecule has 0 unspecified atom stereocenters. The second kappa shape index (κ2) is 8.69. The van der Waals surface area contributed by atoms with Crippen molar-refractivity contribution >= 4 is 11.0 Å². The van der Waals surface area contributed by atoms with Gasteiger partial charge >= 0.3 is 0 Å². The standard InChI is InChI=1S/C24H19FO5/c1-2-27-20-8-3-4-9-21(20)30-23-15-29-22-13-18(10-11-19(22)24(23)26)28-14-16-6-5-7-17(25)12-16/h3-13,15H,2,14H2,1H3. The highest BCUT2D eigenvalue weighted by Gasteiger charge is 2.13. The summed E-state index contributed by atoms with van der Waals surface area (Å²) >= 11 is 0. The lowest BCUT2D eigenvalue weighted by Gasteiger charge is -2.11. The third kappa shape index (κ3) is 4.27. The lowest BCUT2D eigenvalue weighted by Crippen LogP contribution is -2.06. The zero-order valence-electron chi connectivity index (χ0n) is 16.3. The Morgan fingerprint density at radius 3 is 2.53 bits per heavy atom. The Hall–Kier alpha value is -3.80. The molecule has 0 aliphatic rings. The van der Waals surface area contributed by atoms with Crippen molar-refractivity contribution in [2.75, 3.05) is 6.61 Å². The maximum Gasteiger partial charge on any atom is 0.235 e. The molecule has 6 heteroatoms. The highest BCUT2D eigenvalue weighted by Crippen LogP contribution is 2.31. The van der Waals surface area contributed by atoms with Crippen LogP contribution in [0.15, 0.2) is 82.2 Å². The highest BCUT2D eigenvalue weighted by molar-refractivity contribution is 5.79. The van der Waals surface area contributed by atoms with Crippen LogP contribution < -0.4 is 19.6 Å². The quantitative estimate of drug-likeness (QED) is 0.394. The first kappa shape index (κ1) is 19.5. The summed E-state index contributed by atoms with van der Waals surface area (Å²) in [5.41, 5.74) is 0.759. The van der Waals surface area contributed by atoms with Crippen LogP contribution >= 0.6 is 0 Å². The number of benzene rings is 3. The number of rotatable bonds is 7. The summed E-state index contributed by atoms with van der Waals surface area (Å²) in [5, 5.41) is 0.361. The van der Waals surface area contributed by atoms with Crippen molar-refractivity contribution in [2.24, 2.45) is 0 Å². The first-order chi connectivity index (χ1) is 14.6. The predicted molar refractivity (Wildman–Crippen MR) is 111 cm³/mol. The normalized spacial score (nSPS) is 10.7. The van der Waals surface area contributed by atoms with E-state index in [1.165, 1.54) is 18.4 Å². The maximum atomic E-state index is 13.3. The summed E-state index contributed by atoms with van der Waals surface area (Å²) in [7, 11) is 0. The summed E-state index contributed by atoms with van der Waals surface area (Å²) in [6.45, 7) is 2.54. The van der Waals surface area contributed by atoms with E-state index in [1.807, 2.05) is 13.0 Å². The maximum absolute atomic E-state index is 13.3. The molecule has 0 fully saturated rings. The Labute approximate surface area is 172 Å². The number of fused-ring (bicyclic) bond motifs is 1. The van der Waals surface area contributed by atoms with Gasteiger partial charge in [-0.25, -0.2) is 4.39 Å². The molecule has 0 amide bonds. The Bertz CT molecular complexity index is 1230. The van der Waals surface area contributed by atoms with E-state index in [9.17, 15) is 9.18 Å². The average molecular weight is 406 g/mol. The van der Waals surface area contributed by atoms with Gasteiger partial charge in [0.1, 0.15) is 30.0 Å². The second-order valence-electron chi connectivity index (χ2n) is 6.49. The molecule has 4 aromatic rings. The van der Waals surface area contributed by atoms with Crippen LogP contribution in [0.2, 0.25) is 0 Å². The molecule has 30 heavy (non-hydrogen) atoms. The Morgan fingerprint density at radius 1 is 0.900 bits per heavy atom. The number of ether oxygens (including phenoxy) is 3. The first-order valence-electron chi connectivity index (χ1n) is 9.46. The van der Waals surface area contributed by atoms with Gasteiger partial charge in [0, 0.05) is 6.07 Å². The Balaban J connectivity index is 1.56. The zero-order chi connectivity index (χ0) is 20.9. The summed E-state index contributed by atoms with van der Waals surface area (Å²) in [6.07, 6.45) is 1.27. The fraction of sp³-hybridized carbons (Fsp3) is 0.125. The van der Waals surface area contributed by atoms with E-state index in [1.54, 1.807) is 48.5 Å². The molecule has 3 aromatic carbocycles. The summed E-state index contributed by atoms with van der Waals surface area (Å²) in [6, 6.07) is 18.2. The highest BCUT2D eigenvalue weighted by atomic mass is 19.1. The summed E-state index contributed by atoms with van der Waals surface area (Å²) < 4.78 is 35.8. The number of para-hydroxylation sites is 2. The van der Waals surface area contributed by atoms with E-state index in [4.69, 9.17) is 18.6 Å². The predicted octanol–water partition coefficient (Wildman–Crippen LogP) is 5.70. The number of halogens is 1. The van der Waals surface area contributed by atoms with Crippen molar-refractivity contribution in [1.82, 2.24) is 0 Å². The molecule has 0 saturated heterocycles. The SMILES string of the molecule is CCOc1ccccc1Oc1coc2cc(OCc3cccc(F)c3)ccc2c1=O. The molecule has 1 heterocycles. The van der Waals surface area contributed by atoms with Crippen LogP contribution in [-0.4, -0.2) is 6.61 Å². The molecule has 0 bridgehead atoms. The van der Waals surface area contributed by atoms with E-state index < -0.39 is 0 Å². The third-order valence-electron chi connectivity index (χ3n) is 4.38. The van der Waals surface area contributed by atoms with Crippen LogP contribution in [0.25, 0.3) is 11.0 Å². The molecule has 0 aliphatic heterocycles. The molecule has 0 spiro atoms. The van der Waals surface area contributed by atoms with Gasteiger partial charge < -0.3 is 18.6 Å². The van der Waals surface area contributed by atoms with Gasteiger partial charge in [-0.3, -0.25) is 4.79 Å². The van der Waals surface area contributed by atoms with Gasteiger partial charge in [0.25, 0.3) is 0 Å². The monoisotopic (exact) mass is 406 g/mol. The van der Waals surface area contributed by atoms with Crippen molar-refractivity contribution in [3.63, 3.8) is 0 Å². The van der Waals surface area contributed by atoms with Crippen LogP contribution in [0.5, 0.6) is 23.0 Å². The Morgan fingerprint density at radius 2 is 1.73 bits per heavy atom. The van der Waals surface area contributed by atoms with Gasteiger partial charge in [-0.05, 0) is 48.9 Å². The lowest BCUT2D eigenvalue weighted by molar-refractivity contribution is 0.305. The number of hydrogen-bond acceptors (Lipinski definition) is 5. The second-order valence-corrected chi connectivity index (χ2v) is 6.49. The van der Waals surface area contributed by atoms with E-state index in [0.29, 0.717) is 40.4 Å². The van der Waals surface area contributed by atoms with Gasteiger partial charge in [-0.1, -0.05) is 24.3 Å². The average Bonchev–Trinajstić information content (AvgIpc) is 2.76. The van der Waals surface area contributed by atoms with E-state index in [0.717, 1.165) is 0 Å². The van der Waals surface area contributed by atoms with Gasteiger partial charge in [-0.15, -0.1) is 0 Å². The molecule has 1 aromatic heterocycles. The Kier molecular flexibility index (Phi) is 5.66. The fourth-order valence-corrected chi connectivity index (χ4v) is 2.97. The van der Waals surface area contributed by atoms with E-state index in [-0.39, 0.29) is 23.6 Å². The fourth-order valence-electron chi connectivity index (χ4n) is 2.97. The van der Waals surface area contributed by atoms with Crippen LogP contribution in [-0.2, 0) is 6.61 Å². The minimum absolute atomic E-state index is 0.0584. The molecule has 0 atom stereocenters. The van der Waals surface area contributed by atoms with Gasteiger partial charge in [0.2, 0.25) is 11.2 Å². The number of hydrogen-bond donors (Lipinski definition) is 0. The first-order valence-corrected chi connectivity index (χ1v) is 9.46. The molecular weight excluding hydrogens is 387 g/mol. The van der Waals surface area contributed by atoms with E-state index >= 15 is 0 Å². The molecule has 0 aliphatic carbocycles. The van der Waals surface area contributed by atoms with Crippen LogP contribution in [0, 0.1) is 5.82 Å². The molecule has 152 valence electrons. The van der Waals surface area contributed by atoms with Gasteiger partial charge in [0.15, 0.2) is 11.5 Å². The van der Waals surface area contributed by atoms with Crippen LogP contribution in [0.4, 0.5) is 4.39 Å². The summed E-state index contributed by atoms with van der Waals surface area (Å²) in [5.74, 6) is 1.22. The van der Waals surface area contributed by atoms with Gasteiger partial charge in [0.05, 0.1) is 12.0 Å². The largest absolute Gasteiger partial charge is 0.490 e. The minimum Gasteiger partial charge on any atom is -0.490 e. The summed E-state index contributed by atoms with van der Waals surface area (Å²) in [4.78, 5) is 12.8. The zero-order valence-corrected chi connectivity index (χ0v) is 16.3. The van der Waals surface area contributed by atoms with Crippen molar-refractivity contribution in [3.8, 4) is 23.0 Å². The molecule has 0 radical (unpaired) electrons. The van der Waals surface area contributed by atoms with Gasteiger partial charge in [-0.2, -0.15) is 0 Å². The molecule has 4 rings (SSSR count). The third-order valence-corrected chi connectivity index (χ3v) is 4.38. The van der Waals surface area contributed by atoms with Crippen molar-refractivity contribution in [3.05, 3.63) is 94.6 Å². The van der Waals surface area contributed by atoms with Crippen molar-refractivity contribution < 1.29 is 23.0 Å². The molecule has 5 nitrogen and oxygen atoms in total. The van der Waals surface area contributed by atoms with E-state index in [2.05, 4.69) is 0 Å². The molecule has 0 N–H and O–H groups in total. The smallest absolute Gasteiger partial charge is 0.235 e. The molecular formula is C24H19FO5. The minimum atomic E-state index is -0.320. The van der Waals surface area contributed by atoms with Crippen LogP contribution in [0.3, 0.4) is 0 Å². The molecule has 0 saturated carbocycles. The van der Waals surface area contributed by atoms with Crippen molar-refractivity contribution in [1.29, 1.82) is 0 Å². The topological polar surface area (TPSA) is 57.9 Å². The lowest BCUT2D eigenvalue weighted by atomic mass is 10.2.